The molecule has 0 saturated heterocycles. The first-order chi connectivity index (χ1) is 14.7. The minimum absolute atomic E-state index is 0.299. The van der Waals surface area contributed by atoms with Gasteiger partial charge in [0.1, 0.15) is 15.8 Å². The number of para-hydroxylation sites is 1. The van der Waals surface area contributed by atoms with Gasteiger partial charge in [0, 0.05) is 29.6 Å². The van der Waals surface area contributed by atoms with E-state index in [0.717, 1.165) is 38.0 Å². The zero-order chi connectivity index (χ0) is 20.2. The summed E-state index contributed by atoms with van der Waals surface area (Å²) >= 11 is 7.93. The van der Waals surface area contributed by atoms with Crippen molar-refractivity contribution in [2.75, 3.05) is 11.9 Å². The SMILES string of the molecule is CN(c1cccc(-c2nnc(C3CC3)s2)c1)c1nc2nnc(Cl)n2c2ccccc12. The van der Waals surface area contributed by atoms with E-state index in [0.29, 0.717) is 17.0 Å². The lowest BCUT2D eigenvalue weighted by Gasteiger charge is -2.21. The van der Waals surface area contributed by atoms with E-state index in [1.54, 1.807) is 15.7 Å². The number of halogens is 1. The molecule has 0 amide bonds. The van der Waals surface area contributed by atoms with Crippen LogP contribution in [-0.4, -0.2) is 36.8 Å². The molecule has 9 heteroatoms. The number of rotatable bonds is 4. The highest BCUT2D eigenvalue weighted by atomic mass is 35.5. The molecule has 0 N–H and O–H groups in total. The first-order valence-electron chi connectivity index (χ1n) is 9.66. The molecule has 2 aromatic carbocycles. The van der Waals surface area contributed by atoms with Crippen LogP contribution in [0.3, 0.4) is 0 Å². The number of benzene rings is 2. The Morgan fingerprint density at radius 1 is 1.03 bits per heavy atom. The Kier molecular flexibility index (Phi) is 3.97. The van der Waals surface area contributed by atoms with Crippen LogP contribution >= 0.6 is 22.9 Å². The monoisotopic (exact) mass is 433 g/mol. The average Bonchev–Trinajstić information content (AvgIpc) is 3.39. The van der Waals surface area contributed by atoms with Crippen molar-refractivity contribution in [2.24, 2.45) is 0 Å². The molecule has 148 valence electrons. The average molecular weight is 434 g/mol. The molecule has 0 bridgehead atoms. The summed E-state index contributed by atoms with van der Waals surface area (Å²) in [5.74, 6) is 1.87. The lowest BCUT2D eigenvalue weighted by molar-refractivity contribution is 0.978. The highest BCUT2D eigenvalue weighted by molar-refractivity contribution is 7.14. The van der Waals surface area contributed by atoms with E-state index >= 15 is 0 Å². The van der Waals surface area contributed by atoms with Crippen LogP contribution in [0.1, 0.15) is 23.8 Å². The van der Waals surface area contributed by atoms with Crippen LogP contribution < -0.4 is 4.90 Å². The molecule has 0 radical (unpaired) electrons. The highest BCUT2D eigenvalue weighted by Crippen LogP contribution is 2.43. The van der Waals surface area contributed by atoms with Gasteiger partial charge in [0.05, 0.1) is 5.52 Å². The summed E-state index contributed by atoms with van der Waals surface area (Å²) in [5, 5.41) is 20.2. The second-order valence-corrected chi connectivity index (χ2v) is 8.73. The molecular weight excluding hydrogens is 418 g/mol. The van der Waals surface area contributed by atoms with Crippen molar-refractivity contribution < 1.29 is 0 Å². The maximum atomic E-state index is 6.24. The molecule has 5 aromatic rings. The molecule has 3 heterocycles. The van der Waals surface area contributed by atoms with Crippen LogP contribution in [0.25, 0.3) is 27.3 Å². The fourth-order valence-corrected chi connectivity index (χ4v) is 4.84. The third-order valence-corrected chi connectivity index (χ3v) is 6.74. The van der Waals surface area contributed by atoms with Crippen LogP contribution in [0.4, 0.5) is 11.5 Å². The Bertz CT molecular complexity index is 1410. The number of fused-ring (bicyclic) bond motifs is 3. The molecule has 0 spiro atoms. The molecular formula is C21H16ClN7S. The van der Waals surface area contributed by atoms with Gasteiger partial charge in [-0.15, -0.1) is 20.4 Å². The van der Waals surface area contributed by atoms with E-state index in [4.69, 9.17) is 16.6 Å². The second kappa shape index (κ2) is 6.72. The Morgan fingerprint density at radius 2 is 1.90 bits per heavy atom. The summed E-state index contributed by atoms with van der Waals surface area (Å²) < 4.78 is 1.76. The van der Waals surface area contributed by atoms with Crippen molar-refractivity contribution in [1.82, 2.24) is 29.8 Å². The van der Waals surface area contributed by atoms with Gasteiger partial charge in [-0.25, -0.2) is 4.40 Å². The van der Waals surface area contributed by atoms with Crippen molar-refractivity contribution >= 4 is 51.1 Å². The van der Waals surface area contributed by atoms with Gasteiger partial charge in [0.2, 0.25) is 5.28 Å². The molecule has 1 saturated carbocycles. The minimum atomic E-state index is 0.299. The summed E-state index contributed by atoms with van der Waals surface area (Å²) in [6.45, 7) is 0. The van der Waals surface area contributed by atoms with Crippen LogP contribution in [0.5, 0.6) is 0 Å². The largest absolute Gasteiger partial charge is 0.329 e. The van der Waals surface area contributed by atoms with Gasteiger partial charge < -0.3 is 4.90 Å². The third kappa shape index (κ3) is 2.83. The fraction of sp³-hybridized carbons (Fsp3) is 0.190. The summed E-state index contributed by atoms with van der Waals surface area (Å²) in [4.78, 5) is 6.80. The predicted octanol–water partition coefficient (Wildman–Crippen LogP) is 5.09. The van der Waals surface area contributed by atoms with E-state index < -0.39 is 0 Å². The predicted molar refractivity (Wildman–Crippen MR) is 119 cm³/mol. The standard InChI is InChI=1S/C21H16ClN7S/c1-28(14-6-4-5-13(11-14)19-25-24-18(30-19)12-9-10-12)17-15-7-2-3-8-16(15)29-20(22)26-27-21(29)23-17/h2-8,11-12H,9-10H2,1H3. The van der Waals surface area contributed by atoms with Crippen molar-refractivity contribution in [3.63, 3.8) is 0 Å². The second-order valence-electron chi connectivity index (χ2n) is 7.39. The third-order valence-electron chi connectivity index (χ3n) is 5.36. The van der Waals surface area contributed by atoms with Gasteiger partial charge >= 0.3 is 0 Å². The van der Waals surface area contributed by atoms with E-state index in [9.17, 15) is 0 Å². The van der Waals surface area contributed by atoms with Crippen LogP contribution in [0.2, 0.25) is 5.28 Å². The zero-order valence-corrected chi connectivity index (χ0v) is 17.6. The Balaban J connectivity index is 1.46. The smallest absolute Gasteiger partial charge is 0.258 e. The van der Waals surface area contributed by atoms with Crippen LogP contribution in [0, 0.1) is 0 Å². The van der Waals surface area contributed by atoms with Crippen molar-refractivity contribution in [2.45, 2.75) is 18.8 Å². The molecule has 0 unspecified atom stereocenters. The van der Waals surface area contributed by atoms with Gasteiger partial charge in [0.25, 0.3) is 5.78 Å². The van der Waals surface area contributed by atoms with Gasteiger partial charge in [-0.1, -0.05) is 35.6 Å². The number of hydrogen-bond acceptors (Lipinski definition) is 7. The molecule has 1 fully saturated rings. The van der Waals surface area contributed by atoms with Gasteiger partial charge in [0.15, 0.2) is 0 Å². The summed E-state index contributed by atoms with van der Waals surface area (Å²) in [7, 11) is 2.00. The first kappa shape index (κ1) is 17.7. The maximum absolute atomic E-state index is 6.24. The summed E-state index contributed by atoms with van der Waals surface area (Å²) in [6.07, 6.45) is 2.45. The number of nitrogens with zero attached hydrogens (tertiary/aromatic N) is 7. The Hall–Kier alpha value is -3.10. The number of aromatic nitrogens is 6. The molecule has 0 aliphatic heterocycles. The van der Waals surface area contributed by atoms with Crippen LogP contribution in [0.15, 0.2) is 48.5 Å². The Morgan fingerprint density at radius 3 is 2.77 bits per heavy atom. The fourth-order valence-electron chi connectivity index (χ4n) is 3.62. The van der Waals surface area contributed by atoms with E-state index in [-0.39, 0.29) is 0 Å². The molecule has 1 aliphatic rings. The number of hydrogen-bond donors (Lipinski definition) is 0. The molecule has 7 nitrogen and oxygen atoms in total. The quantitative estimate of drug-likeness (QED) is 0.393. The molecule has 3 aromatic heterocycles. The van der Waals surface area contributed by atoms with Crippen molar-refractivity contribution in [1.29, 1.82) is 0 Å². The summed E-state index contributed by atoms with van der Waals surface area (Å²) in [5.41, 5.74) is 2.97. The molecule has 6 rings (SSSR count). The molecule has 0 atom stereocenters. The van der Waals surface area contributed by atoms with Crippen molar-refractivity contribution in [3.05, 3.63) is 58.8 Å². The zero-order valence-electron chi connectivity index (χ0n) is 16.0. The van der Waals surface area contributed by atoms with Crippen molar-refractivity contribution in [3.8, 4) is 10.6 Å². The minimum Gasteiger partial charge on any atom is -0.329 e. The van der Waals surface area contributed by atoms with E-state index in [2.05, 4.69) is 43.5 Å². The normalized spacial score (nSPS) is 13.9. The van der Waals surface area contributed by atoms with Crippen LogP contribution in [-0.2, 0) is 0 Å². The summed E-state index contributed by atoms with van der Waals surface area (Å²) in [6, 6.07) is 16.3. The first-order valence-corrected chi connectivity index (χ1v) is 10.9. The highest BCUT2D eigenvalue weighted by Gasteiger charge is 2.27. The number of anilines is 2. The Labute approximate surface area is 181 Å². The molecule has 30 heavy (non-hydrogen) atoms. The lowest BCUT2D eigenvalue weighted by atomic mass is 10.1. The van der Waals surface area contributed by atoms with Gasteiger partial charge in [-0.2, -0.15) is 4.98 Å². The maximum Gasteiger partial charge on any atom is 0.258 e. The van der Waals surface area contributed by atoms with Gasteiger partial charge in [-0.05, 0) is 48.7 Å². The van der Waals surface area contributed by atoms with Gasteiger partial charge in [-0.3, -0.25) is 0 Å². The van der Waals surface area contributed by atoms with E-state index in [1.165, 1.54) is 12.8 Å². The van der Waals surface area contributed by atoms with E-state index in [1.807, 2.05) is 37.4 Å². The topological polar surface area (TPSA) is 72.1 Å². The lowest BCUT2D eigenvalue weighted by Crippen LogP contribution is -2.13. The molecule has 1 aliphatic carbocycles.